The average molecular weight is 230 g/mol. The zero-order valence-corrected chi connectivity index (χ0v) is 12.3. The second kappa shape index (κ2) is 7.29. The fourth-order valence-electron chi connectivity index (χ4n) is 2.82. The highest BCUT2D eigenvalue weighted by molar-refractivity contribution is 4.81. The standard InChI is InChI=1S/C15H31F/c1-8-10(3)12(5)15(14(7)16)13(6)11(4)9-2/h10-15H,8-9H2,1-7H3. The van der Waals surface area contributed by atoms with Gasteiger partial charge in [-0.25, -0.2) is 4.39 Å². The van der Waals surface area contributed by atoms with Gasteiger partial charge in [0.2, 0.25) is 0 Å². The van der Waals surface area contributed by atoms with Gasteiger partial charge in [0.05, 0.1) is 0 Å². The molecule has 0 amide bonds. The SMILES string of the molecule is CCC(C)C(C)C(C(C)F)C(C)C(C)CC. The molecule has 5 atom stereocenters. The summed E-state index contributed by atoms with van der Waals surface area (Å²) in [6.07, 6.45) is 1.61. The van der Waals surface area contributed by atoms with Crippen molar-refractivity contribution in [1.29, 1.82) is 0 Å². The highest BCUT2D eigenvalue weighted by Crippen LogP contribution is 2.37. The topological polar surface area (TPSA) is 0 Å². The van der Waals surface area contributed by atoms with E-state index in [1.54, 1.807) is 6.92 Å². The van der Waals surface area contributed by atoms with Crippen LogP contribution in [0, 0.1) is 29.6 Å². The van der Waals surface area contributed by atoms with Crippen molar-refractivity contribution in [2.75, 3.05) is 0 Å². The van der Waals surface area contributed by atoms with E-state index in [1.807, 2.05) is 0 Å². The smallest absolute Gasteiger partial charge is 0.101 e. The van der Waals surface area contributed by atoms with Gasteiger partial charge in [0, 0.05) is 0 Å². The van der Waals surface area contributed by atoms with E-state index >= 15 is 0 Å². The molecule has 5 unspecified atom stereocenters. The molecule has 0 bridgehead atoms. The number of rotatable bonds is 7. The molecule has 0 nitrogen and oxygen atoms in total. The van der Waals surface area contributed by atoms with Gasteiger partial charge in [-0.15, -0.1) is 0 Å². The van der Waals surface area contributed by atoms with E-state index in [1.165, 1.54) is 0 Å². The number of halogens is 1. The van der Waals surface area contributed by atoms with E-state index in [0.29, 0.717) is 23.7 Å². The van der Waals surface area contributed by atoms with E-state index < -0.39 is 6.17 Å². The van der Waals surface area contributed by atoms with E-state index in [-0.39, 0.29) is 5.92 Å². The highest BCUT2D eigenvalue weighted by Gasteiger charge is 2.33. The molecule has 16 heavy (non-hydrogen) atoms. The van der Waals surface area contributed by atoms with Crippen molar-refractivity contribution in [2.45, 2.75) is 67.5 Å². The first-order chi connectivity index (χ1) is 7.36. The minimum absolute atomic E-state index is 0.213. The van der Waals surface area contributed by atoms with Crippen LogP contribution in [0.3, 0.4) is 0 Å². The molecule has 0 saturated carbocycles. The van der Waals surface area contributed by atoms with Crippen LogP contribution in [0.1, 0.15) is 61.3 Å². The summed E-state index contributed by atoms with van der Waals surface area (Å²) in [5.74, 6) is 2.41. The Hall–Kier alpha value is -0.0700. The second-order valence-corrected chi connectivity index (χ2v) is 5.74. The third kappa shape index (κ3) is 4.07. The first-order valence-corrected chi connectivity index (χ1v) is 7.00. The quantitative estimate of drug-likeness (QED) is 0.555. The lowest BCUT2D eigenvalue weighted by Gasteiger charge is -2.37. The van der Waals surface area contributed by atoms with Crippen LogP contribution in [0.2, 0.25) is 0 Å². The van der Waals surface area contributed by atoms with Crippen molar-refractivity contribution < 1.29 is 4.39 Å². The molecule has 0 fully saturated rings. The van der Waals surface area contributed by atoms with Gasteiger partial charge in [-0.05, 0) is 36.5 Å². The Balaban J connectivity index is 4.72. The Morgan fingerprint density at radius 2 is 1.06 bits per heavy atom. The third-order valence-corrected chi connectivity index (χ3v) is 4.83. The molecule has 0 radical (unpaired) electrons. The molecule has 0 aromatic rings. The van der Waals surface area contributed by atoms with E-state index in [0.717, 1.165) is 12.8 Å². The predicted molar refractivity (Wildman–Crippen MR) is 71.3 cm³/mol. The summed E-state index contributed by atoms with van der Waals surface area (Å²) in [5.41, 5.74) is 0. The molecule has 0 aliphatic carbocycles. The molecule has 0 aromatic carbocycles. The van der Waals surface area contributed by atoms with Gasteiger partial charge in [-0.3, -0.25) is 0 Å². The summed E-state index contributed by atoms with van der Waals surface area (Å²) >= 11 is 0. The number of hydrogen-bond acceptors (Lipinski definition) is 0. The zero-order chi connectivity index (χ0) is 12.9. The van der Waals surface area contributed by atoms with Crippen molar-refractivity contribution in [3.63, 3.8) is 0 Å². The minimum Gasteiger partial charge on any atom is -0.247 e. The monoisotopic (exact) mass is 230 g/mol. The van der Waals surface area contributed by atoms with Gasteiger partial charge < -0.3 is 0 Å². The van der Waals surface area contributed by atoms with Crippen LogP contribution < -0.4 is 0 Å². The molecule has 0 aliphatic rings. The molecule has 0 saturated heterocycles. The first-order valence-electron chi connectivity index (χ1n) is 7.00. The van der Waals surface area contributed by atoms with Gasteiger partial charge in [-0.1, -0.05) is 54.4 Å². The third-order valence-electron chi connectivity index (χ3n) is 4.83. The Morgan fingerprint density at radius 3 is 1.25 bits per heavy atom. The van der Waals surface area contributed by atoms with Gasteiger partial charge in [0.1, 0.15) is 6.17 Å². The molecule has 0 spiro atoms. The van der Waals surface area contributed by atoms with E-state index in [4.69, 9.17) is 0 Å². The van der Waals surface area contributed by atoms with Crippen LogP contribution in [-0.2, 0) is 0 Å². The van der Waals surface area contributed by atoms with Crippen LogP contribution in [0.25, 0.3) is 0 Å². The Kier molecular flexibility index (Phi) is 7.26. The Bertz CT molecular complexity index is 160. The van der Waals surface area contributed by atoms with Crippen LogP contribution in [0.4, 0.5) is 4.39 Å². The van der Waals surface area contributed by atoms with E-state index in [2.05, 4.69) is 41.5 Å². The summed E-state index contributed by atoms with van der Waals surface area (Å²) in [6, 6.07) is 0. The molecule has 0 N–H and O–H groups in total. The first kappa shape index (κ1) is 15.9. The van der Waals surface area contributed by atoms with Crippen molar-refractivity contribution >= 4 is 0 Å². The maximum Gasteiger partial charge on any atom is 0.101 e. The fraction of sp³-hybridized carbons (Fsp3) is 1.00. The Labute approximate surface area is 102 Å². The molecular formula is C15H31F. The van der Waals surface area contributed by atoms with Gasteiger partial charge >= 0.3 is 0 Å². The summed E-state index contributed by atoms with van der Waals surface area (Å²) < 4.78 is 13.9. The lowest BCUT2D eigenvalue weighted by molar-refractivity contribution is 0.0726. The van der Waals surface area contributed by atoms with E-state index in [9.17, 15) is 4.39 Å². The normalized spacial score (nSPS) is 23.2. The van der Waals surface area contributed by atoms with Crippen LogP contribution in [-0.4, -0.2) is 6.17 Å². The summed E-state index contributed by atoms with van der Waals surface area (Å²) in [4.78, 5) is 0. The molecule has 0 rings (SSSR count). The fourth-order valence-corrected chi connectivity index (χ4v) is 2.82. The van der Waals surface area contributed by atoms with Gasteiger partial charge in [-0.2, -0.15) is 0 Å². The summed E-state index contributed by atoms with van der Waals surface area (Å²) in [7, 11) is 0. The predicted octanol–water partition coefficient (Wildman–Crippen LogP) is 5.33. The lowest BCUT2D eigenvalue weighted by Crippen LogP contribution is -2.34. The molecule has 98 valence electrons. The largest absolute Gasteiger partial charge is 0.247 e. The maximum absolute atomic E-state index is 13.9. The second-order valence-electron chi connectivity index (χ2n) is 5.74. The Morgan fingerprint density at radius 1 is 0.750 bits per heavy atom. The van der Waals surface area contributed by atoms with Gasteiger partial charge in [0.15, 0.2) is 0 Å². The highest BCUT2D eigenvalue weighted by atomic mass is 19.1. The lowest BCUT2D eigenvalue weighted by atomic mass is 9.70. The molecule has 0 aliphatic heterocycles. The molecule has 0 heterocycles. The van der Waals surface area contributed by atoms with Crippen molar-refractivity contribution in [2.24, 2.45) is 29.6 Å². The average Bonchev–Trinajstić information content (AvgIpc) is 2.26. The van der Waals surface area contributed by atoms with Crippen molar-refractivity contribution in [3.05, 3.63) is 0 Å². The number of alkyl halides is 1. The minimum atomic E-state index is -0.687. The van der Waals surface area contributed by atoms with Crippen LogP contribution in [0.5, 0.6) is 0 Å². The number of hydrogen-bond donors (Lipinski definition) is 0. The molecular weight excluding hydrogens is 199 g/mol. The van der Waals surface area contributed by atoms with Gasteiger partial charge in [0.25, 0.3) is 0 Å². The zero-order valence-electron chi connectivity index (χ0n) is 12.3. The van der Waals surface area contributed by atoms with Crippen molar-refractivity contribution in [3.8, 4) is 0 Å². The summed E-state index contributed by atoms with van der Waals surface area (Å²) in [6.45, 7) is 15.1. The van der Waals surface area contributed by atoms with Crippen molar-refractivity contribution in [1.82, 2.24) is 0 Å². The molecule has 0 aromatic heterocycles. The maximum atomic E-state index is 13.9. The van der Waals surface area contributed by atoms with Crippen LogP contribution in [0.15, 0.2) is 0 Å². The van der Waals surface area contributed by atoms with Crippen LogP contribution >= 0.6 is 0 Å². The molecule has 1 heteroatoms. The summed E-state index contributed by atoms with van der Waals surface area (Å²) in [5, 5.41) is 0.